The van der Waals surface area contributed by atoms with Crippen LogP contribution in [0.5, 0.6) is 0 Å². The number of nitrogens with zero attached hydrogens (tertiary/aromatic N) is 3. The summed E-state index contributed by atoms with van der Waals surface area (Å²) < 4.78 is 14.7. The Morgan fingerprint density at radius 1 is 1.39 bits per heavy atom. The second kappa shape index (κ2) is 5.73. The Bertz CT molecular complexity index is 507. The van der Waals surface area contributed by atoms with Crippen molar-refractivity contribution in [3.63, 3.8) is 0 Å². The van der Waals surface area contributed by atoms with Gasteiger partial charge < -0.3 is 5.32 Å². The first kappa shape index (κ1) is 12.7. The maximum absolute atomic E-state index is 13.1. The minimum absolute atomic E-state index is 0.275. The van der Waals surface area contributed by atoms with Gasteiger partial charge in [-0.1, -0.05) is 25.1 Å². The van der Waals surface area contributed by atoms with Crippen LogP contribution in [0.3, 0.4) is 0 Å². The van der Waals surface area contributed by atoms with Gasteiger partial charge in [0.15, 0.2) is 0 Å². The van der Waals surface area contributed by atoms with E-state index >= 15 is 0 Å². The van der Waals surface area contributed by atoms with Crippen LogP contribution in [0.25, 0.3) is 5.69 Å². The number of hydrogen-bond donors (Lipinski definition) is 1. The number of hydrogen-bond acceptors (Lipinski definition) is 3. The second-order valence-corrected chi connectivity index (χ2v) is 4.66. The fraction of sp³-hybridized carbons (Fsp3) is 0.385. The Hall–Kier alpha value is -1.75. The SMILES string of the molecule is CC(C)CNCc1cn(-c2cccc(F)c2)nn1. The predicted molar refractivity (Wildman–Crippen MR) is 67.9 cm³/mol. The average molecular weight is 248 g/mol. The zero-order valence-electron chi connectivity index (χ0n) is 10.6. The molecule has 0 amide bonds. The third kappa shape index (κ3) is 3.37. The van der Waals surface area contributed by atoms with E-state index < -0.39 is 0 Å². The molecule has 0 fully saturated rings. The Morgan fingerprint density at radius 2 is 2.22 bits per heavy atom. The van der Waals surface area contributed by atoms with Gasteiger partial charge in [0.05, 0.1) is 17.6 Å². The van der Waals surface area contributed by atoms with Crippen molar-refractivity contribution in [3.05, 3.63) is 42.0 Å². The molecule has 0 saturated carbocycles. The first-order chi connectivity index (χ1) is 8.65. The van der Waals surface area contributed by atoms with Crippen LogP contribution in [0, 0.1) is 11.7 Å². The van der Waals surface area contributed by atoms with Crippen LogP contribution in [0.1, 0.15) is 19.5 Å². The molecule has 1 aromatic carbocycles. The minimum Gasteiger partial charge on any atom is -0.311 e. The van der Waals surface area contributed by atoms with Crippen LogP contribution < -0.4 is 5.32 Å². The molecule has 2 rings (SSSR count). The second-order valence-electron chi connectivity index (χ2n) is 4.66. The summed E-state index contributed by atoms with van der Waals surface area (Å²) in [6.45, 7) is 5.91. The number of benzene rings is 1. The van der Waals surface area contributed by atoms with Crippen molar-refractivity contribution in [2.24, 2.45) is 5.92 Å². The van der Waals surface area contributed by atoms with Crippen molar-refractivity contribution in [1.82, 2.24) is 20.3 Å². The van der Waals surface area contributed by atoms with E-state index in [2.05, 4.69) is 29.5 Å². The van der Waals surface area contributed by atoms with Crippen molar-refractivity contribution < 1.29 is 4.39 Å². The summed E-state index contributed by atoms with van der Waals surface area (Å²) in [6.07, 6.45) is 1.81. The number of aromatic nitrogens is 3. The molecule has 0 spiro atoms. The van der Waals surface area contributed by atoms with Crippen molar-refractivity contribution in [2.45, 2.75) is 20.4 Å². The fourth-order valence-electron chi connectivity index (χ4n) is 1.61. The van der Waals surface area contributed by atoms with Gasteiger partial charge in [0.1, 0.15) is 5.82 Å². The van der Waals surface area contributed by atoms with Crippen LogP contribution >= 0.6 is 0 Å². The molecule has 1 heterocycles. The van der Waals surface area contributed by atoms with Crippen molar-refractivity contribution >= 4 is 0 Å². The first-order valence-corrected chi connectivity index (χ1v) is 6.03. The number of rotatable bonds is 5. The predicted octanol–water partition coefficient (Wildman–Crippen LogP) is 2.15. The van der Waals surface area contributed by atoms with Crippen molar-refractivity contribution in [3.8, 4) is 5.69 Å². The highest BCUT2D eigenvalue weighted by atomic mass is 19.1. The maximum atomic E-state index is 13.1. The molecular formula is C13H17FN4. The molecule has 0 bridgehead atoms. The van der Waals surface area contributed by atoms with E-state index in [1.807, 2.05) is 6.20 Å². The molecule has 96 valence electrons. The summed E-state index contributed by atoms with van der Waals surface area (Å²) in [5.41, 5.74) is 1.53. The zero-order chi connectivity index (χ0) is 13.0. The Labute approximate surface area is 106 Å². The summed E-state index contributed by atoms with van der Waals surface area (Å²) in [7, 11) is 0. The van der Waals surface area contributed by atoms with Gasteiger partial charge in [-0.3, -0.25) is 0 Å². The maximum Gasteiger partial charge on any atom is 0.125 e. The van der Waals surface area contributed by atoms with E-state index in [1.54, 1.807) is 16.8 Å². The van der Waals surface area contributed by atoms with Gasteiger partial charge in [0.2, 0.25) is 0 Å². The largest absolute Gasteiger partial charge is 0.311 e. The van der Waals surface area contributed by atoms with E-state index in [1.165, 1.54) is 12.1 Å². The standard InChI is InChI=1S/C13H17FN4/c1-10(2)7-15-8-12-9-18(17-16-12)13-5-3-4-11(14)6-13/h3-6,9-10,15H,7-8H2,1-2H3. The summed E-state index contributed by atoms with van der Waals surface area (Å²) in [4.78, 5) is 0. The molecule has 1 N–H and O–H groups in total. The molecule has 0 saturated heterocycles. The third-order valence-corrected chi connectivity index (χ3v) is 2.47. The zero-order valence-corrected chi connectivity index (χ0v) is 10.6. The molecule has 18 heavy (non-hydrogen) atoms. The molecule has 0 aliphatic heterocycles. The van der Waals surface area contributed by atoms with Gasteiger partial charge in [0, 0.05) is 6.54 Å². The summed E-state index contributed by atoms with van der Waals surface area (Å²) in [5.74, 6) is 0.325. The molecule has 0 aliphatic carbocycles. The fourth-order valence-corrected chi connectivity index (χ4v) is 1.61. The van der Waals surface area contributed by atoms with Gasteiger partial charge in [-0.05, 0) is 30.7 Å². The van der Waals surface area contributed by atoms with Gasteiger partial charge in [-0.15, -0.1) is 5.10 Å². The van der Waals surface area contributed by atoms with Crippen LogP contribution in [0.2, 0.25) is 0 Å². The Morgan fingerprint density at radius 3 is 2.94 bits per heavy atom. The van der Waals surface area contributed by atoms with Gasteiger partial charge >= 0.3 is 0 Å². The number of halogens is 1. The first-order valence-electron chi connectivity index (χ1n) is 6.03. The lowest BCUT2D eigenvalue weighted by Gasteiger charge is -2.04. The van der Waals surface area contributed by atoms with Crippen LogP contribution in [-0.4, -0.2) is 21.5 Å². The lowest BCUT2D eigenvalue weighted by atomic mass is 10.2. The van der Waals surface area contributed by atoms with Crippen LogP contribution in [-0.2, 0) is 6.54 Å². The average Bonchev–Trinajstić information content (AvgIpc) is 2.77. The molecule has 1 aromatic heterocycles. The van der Waals surface area contributed by atoms with Crippen LogP contribution in [0.15, 0.2) is 30.5 Å². The monoisotopic (exact) mass is 248 g/mol. The van der Waals surface area contributed by atoms with E-state index in [0.29, 0.717) is 18.2 Å². The van der Waals surface area contributed by atoms with E-state index in [4.69, 9.17) is 0 Å². The Kier molecular flexibility index (Phi) is 4.04. The molecular weight excluding hydrogens is 231 g/mol. The molecule has 0 radical (unpaired) electrons. The highest BCUT2D eigenvalue weighted by Crippen LogP contribution is 2.08. The van der Waals surface area contributed by atoms with Gasteiger partial charge in [-0.25, -0.2) is 9.07 Å². The quantitative estimate of drug-likeness (QED) is 0.881. The van der Waals surface area contributed by atoms with Crippen LogP contribution in [0.4, 0.5) is 4.39 Å². The summed E-state index contributed by atoms with van der Waals surface area (Å²) in [6, 6.07) is 6.29. The molecule has 0 atom stereocenters. The lowest BCUT2D eigenvalue weighted by molar-refractivity contribution is 0.548. The molecule has 0 unspecified atom stereocenters. The summed E-state index contributed by atoms with van der Waals surface area (Å²) in [5, 5.41) is 11.3. The van der Waals surface area contributed by atoms with Gasteiger partial charge in [-0.2, -0.15) is 0 Å². The highest BCUT2D eigenvalue weighted by Gasteiger charge is 2.03. The van der Waals surface area contributed by atoms with Crippen molar-refractivity contribution in [2.75, 3.05) is 6.54 Å². The topological polar surface area (TPSA) is 42.7 Å². The molecule has 4 nitrogen and oxygen atoms in total. The minimum atomic E-state index is -0.275. The highest BCUT2D eigenvalue weighted by molar-refractivity contribution is 5.30. The van der Waals surface area contributed by atoms with E-state index in [9.17, 15) is 4.39 Å². The van der Waals surface area contributed by atoms with E-state index in [0.717, 1.165) is 12.2 Å². The third-order valence-electron chi connectivity index (χ3n) is 2.47. The lowest BCUT2D eigenvalue weighted by Crippen LogP contribution is -2.19. The number of nitrogens with one attached hydrogen (secondary N) is 1. The molecule has 5 heteroatoms. The van der Waals surface area contributed by atoms with Crippen molar-refractivity contribution in [1.29, 1.82) is 0 Å². The molecule has 2 aromatic rings. The Balaban J connectivity index is 2.02. The normalized spacial score (nSPS) is 11.1. The smallest absolute Gasteiger partial charge is 0.125 e. The van der Waals surface area contributed by atoms with Gasteiger partial charge in [0.25, 0.3) is 0 Å². The molecule has 0 aliphatic rings. The summed E-state index contributed by atoms with van der Waals surface area (Å²) >= 11 is 0. The van der Waals surface area contributed by atoms with E-state index in [-0.39, 0.29) is 5.82 Å².